The number of amides is 2. The zero-order chi connectivity index (χ0) is 20.5. The number of rotatable bonds is 3. The quantitative estimate of drug-likeness (QED) is 0.670. The van der Waals surface area contributed by atoms with Crippen molar-refractivity contribution in [2.24, 2.45) is 0 Å². The molecule has 0 bridgehead atoms. The third-order valence-corrected chi connectivity index (χ3v) is 4.07. The summed E-state index contributed by atoms with van der Waals surface area (Å²) in [5.41, 5.74) is 4.49. The lowest BCUT2D eigenvalue weighted by Gasteiger charge is -2.10. The van der Waals surface area contributed by atoms with E-state index in [-0.39, 0.29) is 16.8 Å². The lowest BCUT2D eigenvalue weighted by atomic mass is 10.2. The van der Waals surface area contributed by atoms with Crippen molar-refractivity contribution >= 4 is 11.8 Å². The van der Waals surface area contributed by atoms with Gasteiger partial charge in [-0.1, -0.05) is 6.07 Å². The minimum atomic E-state index is -4.49. The molecule has 0 saturated heterocycles. The normalized spacial score (nSPS) is 11.3. The molecule has 0 aliphatic heterocycles. The molecule has 2 heterocycles. The Morgan fingerprint density at radius 1 is 1.07 bits per heavy atom. The summed E-state index contributed by atoms with van der Waals surface area (Å²) < 4.78 is 44.9. The molecular formula is C18H15F3N4O3. The summed E-state index contributed by atoms with van der Waals surface area (Å²) in [5, 5.41) is 3.98. The first-order chi connectivity index (χ1) is 13.2. The Balaban J connectivity index is 1.77. The largest absolute Gasteiger partial charge is 0.469 e. The fourth-order valence-electron chi connectivity index (χ4n) is 2.58. The number of benzene rings is 1. The number of halogens is 3. The highest BCUT2D eigenvalue weighted by molar-refractivity contribution is 5.99. The van der Waals surface area contributed by atoms with Crippen LogP contribution in [0.1, 0.15) is 37.7 Å². The monoisotopic (exact) mass is 392 g/mol. The first-order valence-electron chi connectivity index (χ1n) is 8.05. The van der Waals surface area contributed by atoms with Crippen molar-refractivity contribution < 1.29 is 27.2 Å². The van der Waals surface area contributed by atoms with Gasteiger partial charge in [-0.3, -0.25) is 20.4 Å². The number of carbonyl (C=O) groups is 2. The van der Waals surface area contributed by atoms with Gasteiger partial charge in [-0.25, -0.2) is 4.68 Å². The summed E-state index contributed by atoms with van der Waals surface area (Å²) in [5.74, 6) is -0.840. The Morgan fingerprint density at radius 3 is 2.36 bits per heavy atom. The lowest BCUT2D eigenvalue weighted by molar-refractivity contribution is -0.137. The summed E-state index contributed by atoms with van der Waals surface area (Å²) in [7, 11) is 0. The smallest absolute Gasteiger partial charge is 0.416 e. The van der Waals surface area contributed by atoms with E-state index >= 15 is 0 Å². The number of nitrogens with one attached hydrogen (secondary N) is 2. The molecule has 28 heavy (non-hydrogen) atoms. The number of alkyl halides is 3. The Bertz CT molecular complexity index is 1040. The molecule has 0 radical (unpaired) electrons. The fourth-order valence-corrected chi connectivity index (χ4v) is 2.58. The molecule has 0 atom stereocenters. The average Bonchev–Trinajstić information content (AvgIpc) is 3.24. The van der Waals surface area contributed by atoms with Crippen molar-refractivity contribution in [1.29, 1.82) is 0 Å². The Labute approximate surface area is 157 Å². The van der Waals surface area contributed by atoms with Crippen molar-refractivity contribution in [3.05, 3.63) is 70.9 Å². The molecule has 146 valence electrons. The summed E-state index contributed by atoms with van der Waals surface area (Å²) in [4.78, 5) is 24.3. The van der Waals surface area contributed by atoms with Crippen LogP contribution in [0, 0.1) is 13.8 Å². The molecule has 2 aromatic heterocycles. The van der Waals surface area contributed by atoms with Gasteiger partial charge in [-0.05, 0) is 38.1 Å². The van der Waals surface area contributed by atoms with E-state index in [1.165, 1.54) is 42.3 Å². The number of hydrogen-bond acceptors (Lipinski definition) is 4. The Hall–Kier alpha value is -3.56. The molecule has 2 amide bonds. The predicted molar refractivity (Wildman–Crippen MR) is 91.7 cm³/mol. The number of hydrogen-bond donors (Lipinski definition) is 2. The fraction of sp³-hybridized carbons (Fsp3) is 0.167. The second-order valence-electron chi connectivity index (χ2n) is 5.90. The minimum Gasteiger partial charge on any atom is -0.469 e. The van der Waals surface area contributed by atoms with Gasteiger partial charge in [-0.2, -0.15) is 18.3 Å². The highest BCUT2D eigenvalue weighted by Gasteiger charge is 2.30. The first kappa shape index (κ1) is 19.2. The van der Waals surface area contributed by atoms with Gasteiger partial charge in [-0.15, -0.1) is 0 Å². The van der Waals surface area contributed by atoms with Gasteiger partial charge in [0.1, 0.15) is 5.76 Å². The molecular weight excluding hydrogens is 377 g/mol. The number of aryl methyl sites for hydroxylation is 1. The van der Waals surface area contributed by atoms with Crippen LogP contribution in [0.3, 0.4) is 0 Å². The molecule has 1 aromatic carbocycles. The van der Waals surface area contributed by atoms with Crippen molar-refractivity contribution in [1.82, 2.24) is 20.6 Å². The zero-order valence-electron chi connectivity index (χ0n) is 14.8. The van der Waals surface area contributed by atoms with Crippen LogP contribution in [0.2, 0.25) is 0 Å². The van der Waals surface area contributed by atoms with Crippen molar-refractivity contribution in [2.75, 3.05) is 0 Å². The molecule has 0 aliphatic carbocycles. The highest BCUT2D eigenvalue weighted by atomic mass is 19.4. The molecule has 0 fully saturated rings. The van der Waals surface area contributed by atoms with E-state index in [0.717, 1.165) is 12.1 Å². The lowest BCUT2D eigenvalue weighted by Crippen LogP contribution is -2.41. The maximum Gasteiger partial charge on any atom is 0.416 e. The third-order valence-electron chi connectivity index (χ3n) is 4.07. The molecule has 7 nitrogen and oxygen atoms in total. The van der Waals surface area contributed by atoms with Crippen LogP contribution in [-0.2, 0) is 6.18 Å². The molecule has 0 aliphatic rings. The van der Waals surface area contributed by atoms with Crippen LogP contribution in [0.4, 0.5) is 13.2 Å². The maximum absolute atomic E-state index is 12.9. The van der Waals surface area contributed by atoms with Gasteiger partial charge in [0, 0.05) is 0 Å². The SMILES string of the molecule is Cc1occc1C(=O)NNC(=O)c1cnn(-c2cccc(C(F)(F)F)c2)c1C. The minimum absolute atomic E-state index is 0.0987. The molecule has 3 aromatic rings. The summed E-state index contributed by atoms with van der Waals surface area (Å²) >= 11 is 0. The van der Waals surface area contributed by atoms with Crippen LogP contribution < -0.4 is 10.9 Å². The van der Waals surface area contributed by atoms with Gasteiger partial charge in [0.2, 0.25) is 0 Å². The average molecular weight is 392 g/mol. The first-order valence-corrected chi connectivity index (χ1v) is 8.05. The number of hydrazine groups is 1. The molecule has 2 N–H and O–H groups in total. The Kier molecular flexibility index (Phi) is 4.95. The number of carbonyl (C=O) groups excluding carboxylic acids is 2. The summed E-state index contributed by atoms with van der Waals surface area (Å²) in [6.07, 6.45) is -1.94. The van der Waals surface area contributed by atoms with Crippen LogP contribution in [0.25, 0.3) is 5.69 Å². The summed E-state index contributed by atoms with van der Waals surface area (Å²) in [6.45, 7) is 3.13. The molecule has 10 heteroatoms. The zero-order valence-corrected chi connectivity index (χ0v) is 14.8. The summed E-state index contributed by atoms with van der Waals surface area (Å²) in [6, 6.07) is 6.04. The van der Waals surface area contributed by atoms with E-state index in [1.807, 2.05) is 0 Å². The van der Waals surface area contributed by atoms with Gasteiger partial charge >= 0.3 is 6.18 Å². The van der Waals surface area contributed by atoms with Crippen LogP contribution in [0.5, 0.6) is 0 Å². The standard InChI is InChI=1S/C18H15F3N4O3/c1-10-15(17(27)24-23-16(26)14-6-7-28-11(14)2)9-22-25(10)13-5-3-4-12(8-13)18(19,20)21/h3-9H,1-2H3,(H,23,26)(H,24,27). The van der Waals surface area contributed by atoms with Crippen LogP contribution in [0.15, 0.2) is 47.2 Å². The van der Waals surface area contributed by atoms with Gasteiger partial charge in [0.05, 0.1) is 40.5 Å². The van der Waals surface area contributed by atoms with Crippen LogP contribution >= 0.6 is 0 Å². The number of furan rings is 1. The molecule has 0 unspecified atom stereocenters. The van der Waals surface area contributed by atoms with E-state index in [1.54, 1.807) is 6.92 Å². The number of aromatic nitrogens is 2. The second-order valence-corrected chi connectivity index (χ2v) is 5.90. The van der Waals surface area contributed by atoms with Gasteiger partial charge in [0.15, 0.2) is 0 Å². The van der Waals surface area contributed by atoms with Crippen molar-refractivity contribution in [2.45, 2.75) is 20.0 Å². The van der Waals surface area contributed by atoms with Gasteiger partial charge in [0.25, 0.3) is 11.8 Å². The van der Waals surface area contributed by atoms with Crippen molar-refractivity contribution in [3.8, 4) is 5.69 Å². The van der Waals surface area contributed by atoms with Crippen LogP contribution in [-0.4, -0.2) is 21.6 Å². The molecule has 0 spiro atoms. The molecule has 3 rings (SSSR count). The van der Waals surface area contributed by atoms with E-state index in [0.29, 0.717) is 11.5 Å². The number of nitrogens with zero attached hydrogens (tertiary/aromatic N) is 2. The maximum atomic E-state index is 12.9. The Morgan fingerprint density at radius 2 is 1.75 bits per heavy atom. The van der Waals surface area contributed by atoms with E-state index in [4.69, 9.17) is 4.42 Å². The van der Waals surface area contributed by atoms with Gasteiger partial charge < -0.3 is 4.42 Å². The van der Waals surface area contributed by atoms with E-state index in [2.05, 4.69) is 16.0 Å². The van der Waals surface area contributed by atoms with E-state index in [9.17, 15) is 22.8 Å². The molecule has 0 saturated carbocycles. The van der Waals surface area contributed by atoms with Crippen molar-refractivity contribution in [3.63, 3.8) is 0 Å². The second kappa shape index (κ2) is 7.22. The predicted octanol–water partition coefficient (Wildman–Crippen LogP) is 3.18. The highest BCUT2D eigenvalue weighted by Crippen LogP contribution is 2.30. The topological polar surface area (TPSA) is 89.2 Å². The van der Waals surface area contributed by atoms with E-state index < -0.39 is 23.6 Å². The third kappa shape index (κ3) is 3.75.